The van der Waals surface area contributed by atoms with E-state index in [4.69, 9.17) is 8.83 Å². The van der Waals surface area contributed by atoms with Gasteiger partial charge in [-0.2, -0.15) is 0 Å². The molecule has 0 N–H and O–H groups in total. The van der Waals surface area contributed by atoms with Gasteiger partial charge in [0.1, 0.15) is 19.2 Å². The Hall–Kier alpha value is -3.04. The number of hydrogen-bond acceptors (Lipinski definition) is 2. The molecule has 6 aromatic rings. The van der Waals surface area contributed by atoms with Crippen LogP contribution in [-0.4, -0.2) is 8.07 Å². The van der Waals surface area contributed by atoms with Gasteiger partial charge in [0.05, 0.1) is 11.6 Å². The van der Waals surface area contributed by atoms with Gasteiger partial charge in [0.2, 0.25) is 0 Å². The van der Waals surface area contributed by atoms with Gasteiger partial charge in [-0.25, -0.2) is 0 Å². The zero-order valence-corrected chi connectivity index (χ0v) is 19.3. The molecule has 6 rings (SSSR count). The molecule has 4 aromatic carbocycles. The van der Waals surface area contributed by atoms with Crippen molar-refractivity contribution in [2.24, 2.45) is 0 Å². The molecule has 2 aromatic heterocycles. The van der Waals surface area contributed by atoms with Crippen LogP contribution < -0.4 is 5.38 Å². The predicted octanol–water partition coefficient (Wildman–Crippen LogP) is 8.35. The van der Waals surface area contributed by atoms with Crippen LogP contribution >= 0.6 is 0 Å². The van der Waals surface area contributed by atoms with Crippen molar-refractivity contribution in [3.05, 3.63) is 66.9 Å². The molecule has 0 bridgehead atoms. The molecule has 0 amide bonds. The average molecular weight is 423 g/mol. The Kier molecular flexibility index (Phi) is 4.06. The van der Waals surface area contributed by atoms with Crippen molar-refractivity contribution in [3.63, 3.8) is 0 Å². The van der Waals surface area contributed by atoms with E-state index < -0.39 is 8.07 Å². The molecule has 0 saturated carbocycles. The van der Waals surface area contributed by atoms with Gasteiger partial charge in [0, 0.05) is 10.8 Å². The zero-order valence-electron chi connectivity index (χ0n) is 18.3. The summed E-state index contributed by atoms with van der Waals surface area (Å²) in [5.41, 5.74) is 1.95. The lowest BCUT2D eigenvalue weighted by molar-refractivity contribution is 0.616. The van der Waals surface area contributed by atoms with Gasteiger partial charge in [0.15, 0.2) is 0 Å². The Morgan fingerprint density at radius 2 is 1.19 bits per heavy atom. The third kappa shape index (κ3) is 2.63. The number of furan rings is 2. The van der Waals surface area contributed by atoms with E-state index in [1.165, 1.54) is 61.2 Å². The molecule has 0 aliphatic rings. The number of hydrogen-bond donors (Lipinski definition) is 0. The van der Waals surface area contributed by atoms with Gasteiger partial charge in [0.25, 0.3) is 0 Å². The highest BCUT2D eigenvalue weighted by Crippen LogP contribution is 2.36. The summed E-state index contributed by atoms with van der Waals surface area (Å²) in [6.45, 7) is 6.99. The van der Waals surface area contributed by atoms with Gasteiger partial charge in [-0.3, -0.25) is 0 Å². The highest BCUT2D eigenvalue weighted by atomic mass is 28.3. The van der Waals surface area contributed by atoms with E-state index in [0.29, 0.717) is 0 Å². The molecule has 0 unspecified atom stereocenters. The van der Waals surface area contributed by atoms with Crippen molar-refractivity contribution in [3.8, 4) is 0 Å². The van der Waals surface area contributed by atoms with Crippen LogP contribution in [-0.2, 0) is 0 Å². The van der Waals surface area contributed by atoms with Crippen LogP contribution in [0.5, 0.6) is 0 Å². The normalized spacial score (nSPS) is 12.7. The highest BCUT2D eigenvalue weighted by molar-refractivity contribution is 6.91. The second-order valence-electron chi connectivity index (χ2n) is 8.82. The van der Waals surface area contributed by atoms with E-state index in [-0.39, 0.29) is 0 Å². The molecule has 3 heteroatoms. The van der Waals surface area contributed by atoms with Crippen LogP contribution in [0.4, 0.5) is 0 Å². The molecule has 2 nitrogen and oxygen atoms in total. The molecule has 0 spiro atoms. The van der Waals surface area contributed by atoms with Crippen molar-refractivity contribution < 1.29 is 8.83 Å². The molecule has 0 aliphatic heterocycles. The molecular formula is C28H26O2Si. The van der Waals surface area contributed by atoms with Crippen LogP contribution in [0.15, 0.2) is 75.8 Å². The second-order valence-corrected chi connectivity index (χ2v) is 14.0. The summed E-state index contributed by atoms with van der Waals surface area (Å²) < 4.78 is 12.2. The lowest BCUT2D eigenvalue weighted by atomic mass is 9.96. The minimum absolute atomic E-state index is 0.936. The van der Waals surface area contributed by atoms with Crippen molar-refractivity contribution in [2.45, 2.75) is 38.9 Å². The summed E-state index contributed by atoms with van der Waals surface area (Å²) in [5.74, 6) is 0. The largest absolute Gasteiger partial charge is 0.466 e. The average Bonchev–Trinajstić information content (AvgIpc) is 3.43. The third-order valence-electron chi connectivity index (χ3n) is 7.60. The number of fused-ring (bicyclic) bond motifs is 7. The molecule has 0 atom stereocenters. The fraction of sp³-hybridized carbons (Fsp3) is 0.214. The molecule has 0 aliphatic carbocycles. The SMILES string of the molecule is CC[Si](CC)(CC)c1cc2cc3ccc4c5cc6occc6cc5ccc4c3cc2o1. The van der Waals surface area contributed by atoms with Crippen LogP contribution in [0.2, 0.25) is 18.1 Å². The quantitative estimate of drug-likeness (QED) is 0.211. The zero-order chi connectivity index (χ0) is 21.2. The fourth-order valence-corrected chi connectivity index (χ4v) is 8.74. The summed E-state index contributed by atoms with van der Waals surface area (Å²) in [7, 11) is -1.54. The van der Waals surface area contributed by atoms with Gasteiger partial charge in [-0.15, -0.1) is 0 Å². The Labute approximate surface area is 182 Å². The molecule has 0 saturated heterocycles. The minimum Gasteiger partial charge on any atom is -0.466 e. The predicted molar refractivity (Wildman–Crippen MR) is 135 cm³/mol. The Bertz CT molecular complexity index is 1590. The van der Waals surface area contributed by atoms with E-state index >= 15 is 0 Å². The molecule has 2 heterocycles. The van der Waals surface area contributed by atoms with E-state index in [1.807, 2.05) is 6.07 Å². The lowest BCUT2D eigenvalue weighted by Gasteiger charge is -2.24. The first kappa shape index (κ1) is 18.7. The Morgan fingerprint density at radius 3 is 1.84 bits per heavy atom. The van der Waals surface area contributed by atoms with Crippen molar-refractivity contribution in [2.75, 3.05) is 0 Å². The maximum absolute atomic E-state index is 6.54. The van der Waals surface area contributed by atoms with Gasteiger partial charge in [-0.05, 0) is 68.7 Å². The van der Waals surface area contributed by atoms with Gasteiger partial charge < -0.3 is 8.83 Å². The summed E-state index contributed by atoms with van der Waals surface area (Å²) in [6.07, 6.45) is 1.76. The van der Waals surface area contributed by atoms with Gasteiger partial charge in [-0.1, -0.05) is 63.2 Å². The first-order valence-corrected chi connectivity index (χ1v) is 14.0. The van der Waals surface area contributed by atoms with E-state index in [2.05, 4.69) is 75.4 Å². The van der Waals surface area contributed by atoms with Gasteiger partial charge >= 0.3 is 0 Å². The third-order valence-corrected chi connectivity index (χ3v) is 12.9. The maximum Gasteiger partial charge on any atom is 0.134 e. The first-order chi connectivity index (χ1) is 15.2. The Morgan fingerprint density at radius 1 is 0.581 bits per heavy atom. The first-order valence-electron chi connectivity index (χ1n) is 11.4. The van der Waals surface area contributed by atoms with Crippen LogP contribution in [0.25, 0.3) is 54.3 Å². The molecule has 0 fully saturated rings. The molecule has 31 heavy (non-hydrogen) atoms. The maximum atomic E-state index is 6.54. The van der Waals surface area contributed by atoms with E-state index in [1.54, 1.807) is 6.26 Å². The summed E-state index contributed by atoms with van der Waals surface area (Å²) in [6, 6.07) is 26.0. The lowest BCUT2D eigenvalue weighted by Crippen LogP contribution is -2.44. The van der Waals surface area contributed by atoms with Crippen LogP contribution in [0, 0.1) is 0 Å². The van der Waals surface area contributed by atoms with E-state index in [9.17, 15) is 0 Å². The molecule has 0 radical (unpaired) electrons. The number of rotatable bonds is 4. The number of benzene rings is 4. The van der Waals surface area contributed by atoms with Crippen LogP contribution in [0.3, 0.4) is 0 Å². The summed E-state index contributed by atoms with van der Waals surface area (Å²) in [4.78, 5) is 0. The topological polar surface area (TPSA) is 26.3 Å². The highest BCUT2D eigenvalue weighted by Gasteiger charge is 2.33. The monoisotopic (exact) mass is 422 g/mol. The Balaban J connectivity index is 1.64. The molecule has 154 valence electrons. The van der Waals surface area contributed by atoms with Crippen molar-refractivity contribution >= 4 is 67.7 Å². The fourth-order valence-electron chi connectivity index (χ4n) is 5.40. The van der Waals surface area contributed by atoms with Crippen molar-refractivity contribution in [1.82, 2.24) is 0 Å². The molecular weight excluding hydrogens is 396 g/mol. The van der Waals surface area contributed by atoms with E-state index in [0.717, 1.165) is 16.6 Å². The van der Waals surface area contributed by atoms with Crippen molar-refractivity contribution in [1.29, 1.82) is 0 Å². The summed E-state index contributed by atoms with van der Waals surface area (Å²) >= 11 is 0. The summed E-state index contributed by atoms with van der Waals surface area (Å²) in [5, 5.41) is 11.2. The smallest absolute Gasteiger partial charge is 0.134 e. The standard InChI is InChI=1S/C28H26O2Si/c1-4-31(5-2,6-3)28-15-21-14-19-8-10-22-23(25(19)17-27(21)30-28)9-7-18-13-20-11-12-29-26(20)16-24(18)22/h7-17H,4-6H2,1-3H3. The minimum atomic E-state index is -1.54. The second kappa shape index (κ2) is 6.73. The van der Waals surface area contributed by atoms with Crippen LogP contribution in [0.1, 0.15) is 20.8 Å².